The molecular weight excluding hydrogens is 176 g/mol. The van der Waals surface area contributed by atoms with E-state index >= 15 is 0 Å². The van der Waals surface area contributed by atoms with Gasteiger partial charge in [-0.3, -0.25) is 4.79 Å². The quantitative estimate of drug-likeness (QED) is 0.652. The fourth-order valence-corrected chi connectivity index (χ4v) is 2.91. The summed E-state index contributed by atoms with van der Waals surface area (Å²) in [5.41, 5.74) is -0.290. The summed E-state index contributed by atoms with van der Waals surface area (Å²) in [5.74, 6) is 2.01. The molecule has 3 unspecified atom stereocenters. The van der Waals surface area contributed by atoms with Crippen molar-refractivity contribution in [1.29, 1.82) is 0 Å². The smallest absolute Gasteiger partial charge is 0.293 e. The second-order valence-electron chi connectivity index (χ2n) is 5.32. The zero-order valence-corrected chi connectivity index (χ0v) is 9.75. The van der Waals surface area contributed by atoms with Gasteiger partial charge < -0.3 is 4.74 Å². The van der Waals surface area contributed by atoms with Crippen LogP contribution in [0.3, 0.4) is 0 Å². The molecule has 0 aromatic carbocycles. The van der Waals surface area contributed by atoms with E-state index in [0.717, 1.165) is 5.92 Å². The first-order chi connectivity index (χ1) is 6.47. The van der Waals surface area contributed by atoms with Crippen molar-refractivity contribution in [1.82, 2.24) is 0 Å². The predicted octanol–water partition coefficient (Wildman–Crippen LogP) is 3.01. The molecule has 0 spiro atoms. The zero-order chi connectivity index (χ0) is 10.8. The Morgan fingerprint density at radius 3 is 2.43 bits per heavy atom. The lowest BCUT2D eigenvalue weighted by molar-refractivity contribution is -0.149. The summed E-state index contributed by atoms with van der Waals surface area (Å²) in [5, 5.41) is 0. The van der Waals surface area contributed by atoms with Gasteiger partial charge in [-0.2, -0.15) is 0 Å². The van der Waals surface area contributed by atoms with Crippen LogP contribution in [0.25, 0.3) is 0 Å². The van der Waals surface area contributed by atoms with Crippen LogP contribution in [0.2, 0.25) is 0 Å². The Balaban J connectivity index is 2.62. The fourth-order valence-electron chi connectivity index (χ4n) is 2.91. The first-order valence-corrected chi connectivity index (χ1v) is 5.59. The molecule has 0 aliphatic heterocycles. The molecule has 0 aromatic rings. The van der Waals surface area contributed by atoms with E-state index in [9.17, 15) is 4.79 Å². The van der Waals surface area contributed by atoms with E-state index < -0.39 is 0 Å². The molecule has 1 aliphatic carbocycles. The normalized spacial score (nSPS) is 33.9. The van der Waals surface area contributed by atoms with Crippen LogP contribution in [-0.2, 0) is 9.53 Å². The van der Waals surface area contributed by atoms with Gasteiger partial charge >= 0.3 is 0 Å². The molecule has 0 heterocycles. The molecule has 2 nitrogen and oxygen atoms in total. The second kappa shape index (κ2) is 4.33. The molecule has 0 saturated heterocycles. The van der Waals surface area contributed by atoms with E-state index in [4.69, 9.17) is 4.74 Å². The maximum atomic E-state index is 10.4. The Bertz CT molecular complexity index is 198. The Labute approximate surface area is 87.0 Å². The second-order valence-corrected chi connectivity index (χ2v) is 5.32. The summed E-state index contributed by atoms with van der Waals surface area (Å²) >= 11 is 0. The monoisotopic (exact) mass is 198 g/mol. The van der Waals surface area contributed by atoms with E-state index in [1.165, 1.54) is 19.3 Å². The summed E-state index contributed by atoms with van der Waals surface area (Å²) in [6.07, 6.45) is 3.71. The number of carbonyl (C=O) groups is 1. The van der Waals surface area contributed by atoms with E-state index in [2.05, 4.69) is 13.8 Å². The highest BCUT2D eigenvalue weighted by Crippen LogP contribution is 2.40. The molecule has 3 atom stereocenters. The summed E-state index contributed by atoms with van der Waals surface area (Å²) in [6, 6.07) is 0. The SMILES string of the molecule is CC1CCC(C(C)(C)OC=O)C(C)C1. The van der Waals surface area contributed by atoms with Crippen LogP contribution >= 0.6 is 0 Å². The average molecular weight is 198 g/mol. The lowest BCUT2D eigenvalue weighted by atomic mass is 9.69. The third-order valence-electron chi connectivity index (χ3n) is 3.68. The third-order valence-corrected chi connectivity index (χ3v) is 3.68. The lowest BCUT2D eigenvalue weighted by Crippen LogP contribution is -2.40. The number of hydrogen-bond donors (Lipinski definition) is 0. The van der Waals surface area contributed by atoms with E-state index in [1.54, 1.807) is 0 Å². The van der Waals surface area contributed by atoms with Gasteiger partial charge in [0.1, 0.15) is 5.60 Å². The summed E-state index contributed by atoms with van der Waals surface area (Å²) in [6.45, 7) is 9.22. The van der Waals surface area contributed by atoms with Gasteiger partial charge in [0.25, 0.3) is 6.47 Å². The molecule has 0 N–H and O–H groups in total. The summed E-state index contributed by atoms with van der Waals surface area (Å²) in [7, 11) is 0. The van der Waals surface area contributed by atoms with Gasteiger partial charge in [-0.25, -0.2) is 0 Å². The Morgan fingerprint density at radius 2 is 1.93 bits per heavy atom. The molecule has 1 saturated carbocycles. The molecule has 14 heavy (non-hydrogen) atoms. The zero-order valence-electron chi connectivity index (χ0n) is 9.75. The maximum absolute atomic E-state index is 10.4. The minimum Gasteiger partial charge on any atom is -0.462 e. The molecule has 2 heteroatoms. The number of ether oxygens (including phenoxy) is 1. The highest BCUT2D eigenvalue weighted by molar-refractivity contribution is 5.38. The van der Waals surface area contributed by atoms with Gasteiger partial charge in [0, 0.05) is 5.92 Å². The van der Waals surface area contributed by atoms with Crippen LogP contribution in [0.1, 0.15) is 47.0 Å². The van der Waals surface area contributed by atoms with Crippen LogP contribution in [0.15, 0.2) is 0 Å². The van der Waals surface area contributed by atoms with Crippen molar-refractivity contribution in [2.45, 2.75) is 52.6 Å². The summed E-state index contributed by atoms with van der Waals surface area (Å²) < 4.78 is 5.19. The first-order valence-electron chi connectivity index (χ1n) is 5.59. The topological polar surface area (TPSA) is 26.3 Å². The van der Waals surface area contributed by atoms with Gasteiger partial charge in [-0.05, 0) is 38.5 Å². The molecule has 1 rings (SSSR count). The molecule has 0 amide bonds. The fraction of sp³-hybridized carbons (Fsp3) is 0.917. The third kappa shape index (κ3) is 2.49. The van der Waals surface area contributed by atoms with Crippen molar-refractivity contribution in [3.63, 3.8) is 0 Å². The Hall–Kier alpha value is -0.530. The highest BCUT2D eigenvalue weighted by Gasteiger charge is 2.38. The van der Waals surface area contributed by atoms with Crippen molar-refractivity contribution in [3.05, 3.63) is 0 Å². The van der Waals surface area contributed by atoms with E-state index in [-0.39, 0.29) is 5.60 Å². The Kier molecular flexibility index (Phi) is 3.57. The molecular formula is C12H22O2. The van der Waals surface area contributed by atoms with Crippen molar-refractivity contribution in [2.75, 3.05) is 0 Å². The van der Waals surface area contributed by atoms with Gasteiger partial charge in [0.2, 0.25) is 0 Å². The average Bonchev–Trinajstić information content (AvgIpc) is 2.02. The van der Waals surface area contributed by atoms with Gasteiger partial charge in [0.05, 0.1) is 0 Å². The van der Waals surface area contributed by atoms with Crippen molar-refractivity contribution < 1.29 is 9.53 Å². The van der Waals surface area contributed by atoms with E-state index in [0.29, 0.717) is 18.3 Å². The van der Waals surface area contributed by atoms with Crippen molar-refractivity contribution in [3.8, 4) is 0 Å². The standard InChI is InChI=1S/C12H22O2/c1-9-5-6-11(10(2)7-9)12(3,4)14-8-13/h8-11H,5-7H2,1-4H3. The predicted molar refractivity (Wildman–Crippen MR) is 56.9 cm³/mol. The van der Waals surface area contributed by atoms with Crippen LogP contribution in [-0.4, -0.2) is 12.1 Å². The van der Waals surface area contributed by atoms with Gasteiger partial charge in [-0.15, -0.1) is 0 Å². The lowest BCUT2D eigenvalue weighted by Gasteiger charge is -2.41. The van der Waals surface area contributed by atoms with Crippen LogP contribution in [0.4, 0.5) is 0 Å². The minimum absolute atomic E-state index is 0.290. The summed E-state index contributed by atoms with van der Waals surface area (Å²) in [4.78, 5) is 10.4. The van der Waals surface area contributed by atoms with Crippen LogP contribution < -0.4 is 0 Å². The molecule has 0 bridgehead atoms. The number of hydrogen-bond acceptors (Lipinski definition) is 2. The largest absolute Gasteiger partial charge is 0.462 e. The first kappa shape index (κ1) is 11.5. The highest BCUT2D eigenvalue weighted by atomic mass is 16.5. The van der Waals surface area contributed by atoms with Gasteiger partial charge in [0.15, 0.2) is 0 Å². The Morgan fingerprint density at radius 1 is 1.29 bits per heavy atom. The van der Waals surface area contributed by atoms with Crippen molar-refractivity contribution >= 4 is 6.47 Å². The molecule has 82 valence electrons. The van der Waals surface area contributed by atoms with Crippen molar-refractivity contribution in [2.24, 2.45) is 17.8 Å². The molecule has 1 fully saturated rings. The van der Waals surface area contributed by atoms with E-state index in [1.807, 2.05) is 13.8 Å². The van der Waals surface area contributed by atoms with Gasteiger partial charge in [-0.1, -0.05) is 20.3 Å². The number of carbonyl (C=O) groups excluding carboxylic acids is 1. The van der Waals surface area contributed by atoms with Crippen LogP contribution in [0.5, 0.6) is 0 Å². The number of rotatable bonds is 3. The molecule has 1 aliphatic rings. The maximum Gasteiger partial charge on any atom is 0.293 e. The molecule has 0 aromatic heterocycles. The molecule has 0 radical (unpaired) electrons. The van der Waals surface area contributed by atoms with Crippen LogP contribution in [0, 0.1) is 17.8 Å². The minimum atomic E-state index is -0.290.